The molecule has 1 fully saturated rings. The van der Waals surface area contributed by atoms with Gasteiger partial charge in [0.05, 0.1) is 5.60 Å². The quantitative estimate of drug-likeness (QED) is 0.261. The van der Waals surface area contributed by atoms with Crippen molar-refractivity contribution in [1.82, 2.24) is 10.2 Å². The average Bonchev–Trinajstić information content (AvgIpc) is 2.94. The molecule has 0 unspecified atom stereocenters. The van der Waals surface area contributed by atoms with Gasteiger partial charge in [-0.05, 0) is 67.5 Å². The molecule has 1 heterocycles. The van der Waals surface area contributed by atoms with Gasteiger partial charge in [0.1, 0.15) is 0 Å². The predicted molar refractivity (Wildman–Crippen MR) is 154 cm³/mol. The molecule has 0 spiro atoms. The minimum absolute atomic E-state index is 0.0804. The maximum Gasteiger partial charge on any atom is 0.404 e. The Morgan fingerprint density at radius 2 is 1.87 bits per heavy atom. The standard InChI is InChI=1S/C31H36ClN3O4/c1-21-6-2-7-24(18-21)28-26(9-3-10-27(28)32)31(39,15-5-16-34-30(37)38)25-8-4-17-35(20-25)29(36)23-13-11-22(19-33)12-14-23/h2-3,6-7,9-14,18,25,34,39H,4-5,8,15-17,19-20,33H2,1H3,(H,37,38)/t25-,31+/m1/s1. The number of carbonyl (C=O) groups excluding carboxylic acids is 1. The number of benzene rings is 3. The number of aliphatic hydroxyl groups is 1. The zero-order valence-electron chi connectivity index (χ0n) is 22.2. The molecular weight excluding hydrogens is 514 g/mol. The first kappa shape index (κ1) is 28.6. The van der Waals surface area contributed by atoms with E-state index in [1.807, 2.05) is 66.4 Å². The summed E-state index contributed by atoms with van der Waals surface area (Å²) >= 11 is 6.77. The summed E-state index contributed by atoms with van der Waals surface area (Å²) in [4.78, 5) is 26.3. The summed E-state index contributed by atoms with van der Waals surface area (Å²) in [5, 5.41) is 24.6. The Labute approximate surface area is 234 Å². The van der Waals surface area contributed by atoms with Crippen molar-refractivity contribution in [2.45, 2.75) is 44.8 Å². The number of rotatable bonds is 9. The smallest absolute Gasteiger partial charge is 0.404 e. The third kappa shape index (κ3) is 6.61. The van der Waals surface area contributed by atoms with E-state index in [0.717, 1.165) is 35.1 Å². The Hall–Kier alpha value is -3.39. The van der Waals surface area contributed by atoms with Crippen molar-refractivity contribution in [3.63, 3.8) is 0 Å². The summed E-state index contributed by atoms with van der Waals surface area (Å²) in [7, 11) is 0. The number of nitrogens with two attached hydrogens (primary N) is 1. The number of nitrogens with zero attached hydrogens (tertiary/aromatic N) is 1. The van der Waals surface area contributed by atoms with Gasteiger partial charge in [-0.15, -0.1) is 0 Å². The van der Waals surface area contributed by atoms with E-state index >= 15 is 0 Å². The summed E-state index contributed by atoms with van der Waals surface area (Å²) in [6.45, 7) is 3.60. The number of likely N-dealkylation sites (tertiary alicyclic amines) is 1. The first-order chi connectivity index (χ1) is 18.7. The molecule has 3 aromatic carbocycles. The maximum absolute atomic E-state index is 13.4. The maximum atomic E-state index is 13.4. The molecule has 4 rings (SSSR count). The molecular formula is C31H36ClN3O4. The highest BCUT2D eigenvalue weighted by molar-refractivity contribution is 6.33. The molecule has 2 amide bonds. The number of nitrogens with one attached hydrogen (secondary N) is 1. The topological polar surface area (TPSA) is 116 Å². The molecule has 3 aromatic rings. The van der Waals surface area contributed by atoms with Gasteiger partial charge >= 0.3 is 6.09 Å². The monoisotopic (exact) mass is 549 g/mol. The molecule has 1 saturated heterocycles. The number of aryl methyl sites for hydroxylation is 1. The number of carboxylic acid groups (broad SMARTS) is 1. The van der Waals surface area contributed by atoms with Crippen LogP contribution < -0.4 is 11.1 Å². The van der Waals surface area contributed by atoms with Crippen LogP contribution in [-0.2, 0) is 12.1 Å². The van der Waals surface area contributed by atoms with Crippen molar-refractivity contribution in [3.05, 3.63) is 94.0 Å². The second-order valence-electron chi connectivity index (χ2n) is 10.3. The summed E-state index contributed by atoms with van der Waals surface area (Å²) in [5.41, 5.74) is 9.35. The highest BCUT2D eigenvalue weighted by Gasteiger charge is 2.43. The molecule has 5 N–H and O–H groups in total. The van der Waals surface area contributed by atoms with Crippen molar-refractivity contribution in [1.29, 1.82) is 0 Å². The van der Waals surface area contributed by atoms with Gasteiger partial charge in [-0.3, -0.25) is 4.79 Å². The second-order valence-corrected chi connectivity index (χ2v) is 10.7. The van der Waals surface area contributed by atoms with Gasteiger partial charge in [-0.25, -0.2) is 4.79 Å². The number of piperidine rings is 1. The van der Waals surface area contributed by atoms with E-state index < -0.39 is 11.7 Å². The summed E-state index contributed by atoms with van der Waals surface area (Å²) in [6.07, 6.45) is 1.10. The summed E-state index contributed by atoms with van der Waals surface area (Å²) < 4.78 is 0. The van der Waals surface area contributed by atoms with Gasteiger partial charge in [0, 0.05) is 48.2 Å². The number of carbonyl (C=O) groups is 2. The van der Waals surface area contributed by atoms with Gasteiger partial charge in [0.2, 0.25) is 0 Å². The summed E-state index contributed by atoms with van der Waals surface area (Å²) in [5.74, 6) is -0.353. The largest absolute Gasteiger partial charge is 0.465 e. The lowest BCUT2D eigenvalue weighted by molar-refractivity contribution is -0.0563. The molecule has 39 heavy (non-hydrogen) atoms. The Kier molecular flexibility index (Phi) is 9.28. The number of hydrogen-bond donors (Lipinski definition) is 4. The molecule has 7 nitrogen and oxygen atoms in total. The first-order valence-electron chi connectivity index (χ1n) is 13.4. The lowest BCUT2D eigenvalue weighted by Crippen LogP contribution is -2.48. The van der Waals surface area contributed by atoms with E-state index in [1.165, 1.54) is 0 Å². The number of amides is 2. The van der Waals surface area contributed by atoms with Crippen molar-refractivity contribution in [3.8, 4) is 11.1 Å². The van der Waals surface area contributed by atoms with Gasteiger partial charge in [-0.2, -0.15) is 0 Å². The molecule has 1 aliphatic rings. The molecule has 1 aliphatic heterocycles. The lowest BCUT2D eigenvalue weighted by atomic mass is 9.72. The fourth-order valence-corrected chi connectivity index (χ4v) is 5.89. The van der Waals surface area contributed by atoms with Crippen LogP contribution >= 0.6 is 11.6 Å². The molecule has 0 saturated carbocycles. The van der Waals surface area contributed by atoms with Crippen LogP contribution in [0.15, 0.2) is 66.7 Å². The van der Waals surface area contributed by atoms with E-state index in [1.54, 1.807) is 12.1 Å². The average molecular weight is 550 g/mol. The Morgan fingerprint density at radius 3 is 2.56 bits per heavy atom. The Morgan fingerprint density at radius 1 is 1.13 bits per heavy atom. The van der Waals surface area contributed by atoms with E-state index in [9.17, 15) is 14.7 Å². The zero-order chi connectivity index (χ0) is 28.0. The third-order valence-corrected chi connectivity index (χ3v) is 7.93. The SMILES string of the molecule is Cc1cccc(-c2c(Cl)cccc2[C@](O)(CCCNC(=O)O)[C@@H]2CCCN(C(=O)c3ccc(CN)cc3)C2)c1. The molecule has 0 aliphatic carbocycles. The minimum atomic E-state index is -1.34. The highest BCUT2D eigenvalue weighted by atomic mass is 35.5. The highest BCUT2D eigenvalue weighted by Crippen LogP contribution is 2.45. The Balaban J connectivity index is 1.70. The lowest BCUT2D eigenvalue weighted by Gasteiger charge is -2.44. The van der Waals surface area contributed by atoms with Crippen LogP contribution in [0, 0.1) is 12.8 Å². The minimum Gasteiger partial charge on any atom is -0.465 e. The fraction of sp³-hybridized carbons (Fsp3) is 0.355. The van der Waals surface area contributed by atoms with Crippen LogP contribution in [0.3, 0.4) is 0 Å². The van der Waals surface area contributed by atoms with Crippen molar-refractivity contribution in [2.24, 2.45) is 11.7 Å². The van der Waals surface area contributed by atoms with Crippen LogP contribution in [0.25, 0.3) is 11.1 Å². The summed E-state index contributed by atoms with van der Waals surface area (Å²) in [6, 6.07) is 20.9. The van der Waals surface area contributed by atoms with Crippen LogP contribution in [0.2, 0.25) is 5.02 Å². The zero-order valence-corrected chi connectivity index (χ0v) is 23.0. The number of halogens is 1. The van der Waals surface area contributed by atoms with Gasteiger partial charge in [-0.1, -0.05) is 65.7 Å². The molecule has 2 atom stereocenters. The first-order valence-corrected chi connectivity index (χ1v) is 13.7. The van der Waals surface area contributed by atoms with E-state index in [4.69, 9.17) is 22.4 Å². The fourth-order valence-electron chi connectivity index (χ4n) is 5.61. The van der Waals surface area contributed by atoms with Crippen molar-refractivity contribution < 1.29 is 19.8 Å². The van der Waals surface area contributed by atoms with Crippen LogP contribution in [-0.4, -0.2) is 46.7 Å². The van der Waals surface area contributed by atoms with Crippen LogP contribution in [0.5, 0.6) is 0 Å². The van der Waals surface area contributed by atoms with Crippen LogP contribution in [0.4, 0.5) is 4.79 Å². The van der Waals surface area contributed by atoms with Gasteiger partial charge < -0.3 is 26.2 Å². The van der Waals surface area contributed by atoms with Gasteiger partial charge in [0.15, 0.2) is 0 Å². The van der Waals surface area contributed by atoms with E-state index in [2.05, 4.69) is 5.32 Å². The normalized spacial score (nSPS) is 16.9. The van der Waals surface area contributed by atoms with E-state index in [0.29, 0.717) is 48.6 Å². The van der Waals surface area contributed by atoms with Gasteiger partial charge in [0.25, 0.3) is 5.91 Å². The van der Waals surface area contributed by atoms with E-state index in [-0.39, 0.29) is 18.4 Å². The Bertz CT molecular complexity index is 1310. The third-order valence-electron chi connectivity index (χ3n) is 7.62. The predicted octanol–water partition coefficient (Wildman–Crippen LogP) is 5.56. The molecule has 0 bridgehead atoms. The molecule has 0 radical (unpaired) electrons. The van der Waals surface area contributed by atoms with Crippen molar-refractivity contribution >= 4 is 23.6 Å². The second kappa shape index (κ2) is 12.6. The van der Waals surface area contributed by atoms with Crippen LogP contribution in [0.1, 0.15) is 52.7 Å². The van der Waals surface area contributed by atoms with Crippen molar-refractivity contribution in [2.75, 3.05) is 19.6 Å². The molecule has 0 aromatic heterocycles. The molecule has 8 heteroatoms. The molecule has 206 valence electrons. The number of hydrogen-bond acceptors (Lipinski definition) is 4.